The third kappa shape index (κ3) is 3.24. The van der Waals surface area contributed by atoms with Crippen LogP contribution < -0.4 is 10.2 Å². The molecule has 0 spiro atoms. The molecule has 0 saturated carbocycles. The number of amides is 1. The van der Waals surface area contributed by atoms with E-state index in [1.54, 1.807) is 6.33 Å². The molecule has 5 nitrogen and oxygen atoms in total. The van der Waals surface area contributed by atoms with Crippen molar-refractivity contribution in [3.63, 3.8) is 0 Å². The van der Waals surface area contributed by atoms with Crippen LogP contribution in [0.15, 0.2) is 6.33 Å². The summed E-state index contributed by atoms with van der Waals surface area (Å²) in [5.41, 5.74) is 1.00. The number of piperidine rings is 1. The van der Waals surface area contributed by atoms with Gasteiger partial charge in [-0.05, 0) is 44.6 Å². The van der Waals surface area contributed by atoms with Crippen molar-refractivity contribution in [2.24, 2.45) is 5.92 Å². The van der Waals surface area contributed by atoms with Gasteiger partial charge in [0.15, 0.2) is 0 Å². The summed E-state index contributed by atoms with van der Waals surface area (Å²) in [7, 11) is 0. The van der Waals surface area contributed by atoms with Crippen LogP contribution in [0.25, 0.3) is 10.2 Å². The molecule has 0 radical (unpaired) electrons. The van der Waals surface area contributed by atoms with Crippen LogP contribution in [0.5, 0.6) is 0 Å². The van der Waals surface area contributed by atoms with Crippen LogP contribution in [0.3, 0.4) is 0 Å². The molecule has 1 saturated heterocycles. The van der Waals surface area contributed by atoms with Gasteiger partial charge >= 0.3 is 0 Å². The maximum atomic E-state index is 12.6. The summed E-state index contributed by atoms with van der Waals surface area (Å²) < 4.78 is 0. The molecule has 3 heterocycles. The van der Waals surface area contributed by atoms with Gasteiger partial charge in [0, 0.05) is 19.1 Å². The number of anilines is 1. The minimum atomic E-state index is 0.00284. The Hall–Kier alpha value is -1.69. The number of aromatic nitrogens is 2. The molecule has 24 heavy (non-hydrogen) atoms. The number of fused-ring (bicyclic) bond motifs is 1. The van der Waals surface area contributed by atoms with E-state index < -0.39 is 0 Å². The number of thiophene rings is 1. The van der Waals surface area contributed by atoms with Crippen LogP contribution in [0, 0.1) is 12.8 Å². The Morgan fingerprint density at radius 1 is 1.42 bits per heavy atom. The molecule has 0 bridgehead atoms. The molecule has 0 aliphatic carbocycles. The van der Waals surface area contributed by atoms with Crippen LogP contribution in [0.1, 0.15) is 55.3 Å². The van der Waals surface area contributed by atoms with Gasteiger partial charge in [-0.1, -0.05) is 13.8 Å². The summed E-state index contributed by atoms with van der Waals surface area (Å²) in [5.74, 6) is 1.77. The first-order chi connectivity index (χ1) is 11.5. The molecule has 1 aliphatic heterocycles. The first-order valence-electron chi connectivity index (χ1n) is 8.81. The summed E-state index contributed by atoms with van der Waals surface area (Å²) in [5, 5.41) is 4.11. The lowest BCUT2D eigenvalue weighted by Crippen LogP contribution is -2.33. The highest BCUT2D eigenvalue weighted by Crippen LogP contribution is 2.36. The minimum absolute atomic E-state index is 0.00284. The van der Waals surface area contributed by atoms with Crippen molar-refractivity contribution in [2.45, 2.75) is 53.0 Å². The van der Waals surface area contributed by atoms with Crippen molar-refractivity contribution in [2.75, 3.05) is 18.0 Å². The van der Waals surface area contributed by atoms with Gasteiger partial charge in [-0.15, -0.1) is 11.3 Å². The highest BCUT2D eigenvalue weighted by atomic mass is 32.1. The molecule has 1 aliphatic rings. The smallest absolute Gasteiger partial charge is 0.261 e. The van der Waals surface area contributed by atoms with E-state index in [0.717, 1.165) is 51.9 Å². The fourth-order valence-electron chi connectivity index (χ4n) is 3.12. The molecule has 1 N–H and O–H groups in total. The minimum Gasteiger partial charge on any atom is -0.356 e. The number of aryl methyl sites for hydroxylation is 1. The predicted molar refractivity (Wildman–Crippen MR) is 100.0 cm³/mol. The highest BCUT2D eigenvalue weighted by Gasteiger charge is 2.24. The molecule has 130 valence electrons. The molecule has 1 fully saturated rings. The Labute approximate surface area is 147 Å². The maximum Gasteiger partial charge on any atom is 0.261 e. The van der Waals surface area contributed by atoms with Crippen LogP contribution in [-0.2, 0) is 0 Å². The van der Waals surface area contributed by atoms with E-state index in [-0.39, 0.29) is 11.9 Å². The highest BCUT2D eigenvalue weighted by molar-refractivity contribution is 7.20. The molecule has 2 aromatic heterocycles. The van der Waals surface area contributed by atoms with E-state index in [0.29, 0.717) is 0 Å². The van der Waals surface area contributed by atoms with Gasteiger partial charge in [-0.3, -0.25) is 4.79 Å². The van der Waals surface area contributed by atoms with Crippen LogP contribution in [0.4, 0.5) is 5.82 Å². The fraction of sp³-hybridized carbons (Fsp3) is 0.611. The Morgan fingerprint density at radius 2 is 2.12 bits per heavy atom. The van der Waals surface area contributed by atoms with Crippen molar-refractivity contribution < 1.29 is 4.79 Å². The normalized spacial score (nSPS) is 17.2. The number of carbonyl (C=O) groups excluding carboxylic acids is 1. The number of rotatable bonds is 4. The van der Waals surface area contributed by atoms with Gasteiger partial charge in [0.1, 0.15) is 17.0 Å². The zero-order valence-corrected chi connectivity index (χ0v) is 15.7. The van der Waals surface area contributed by atoms with Crippen molar-refractivity contribution in [1.82, 2.24) is 15.3 Å². The van der Waals surface area contributed by atoms with Crippen LogP contribution in [-0.4, -0.2) is 35.0 Å². The number of nitrogens with one attached hydrogen (secondary N) is 1. The Balaban J connectivity index is 1.96. The van der Waals surface area contributed by atoms with Gasteiger partial charge in [0.2, 0.25) is 0 Å². The van der Waals surface area contributed by atoms with E-state index in [4.69, 9.17) is 0 Å². The molecule has 2 aromatic rings. The SMILES string of the molecule is CCC(C)NC(=O)c1sc2ncnc(N3CCC(C)CC3)c2c1C. The number of hydrogen-bond acceptors (Lipinski definition) is 5. The zero-order valence-electron chi connectivity index (χ0n) is 14.9. The maximum absolute atomic E-state index is 12.6. The Kier molecular flexibility index (Phi) is 5.04. The van der Waals surface area contributed by atoms with Crippen LogP contribution >= 0.6 is 11.3 Å². The topological polar surface area (TPSA) is 58.1 Å². The first kappa shape index (κ1) is 17.1. The number of carbonyl (C=O) groups is 1. The first-order valence-corrected chi connectivity index (χ1v) is 9.62. The summed E-state index contributed by atoms with van der Waals surface area (Å²) in [4.78, 5) is 25.6. The average Bonchev–Trinajstić information content (AvgIpc) is 2.93. The van der Waals surface area contributed by atoms with Gasteiger partial charge < -0.3 is 10.2 Å². The second-order valence-corrected chi connectivity index (χ2v) is 7.89. The van der Waals surface area contributed by atoms with Gasteiger partial charge in [-0.25, -0.2) is 9.97 Å². The lowest BCUT2D eigenvalue weighted by molar-refractivity contribution is 0.0943. The second kappa shape index (κ2) is 7.05. The van der Waals surface area contributed by atoms with Crippen LogP contribution in [0.2, 0.25) is 0 Å². The largest absolute Gasteiger partial charge is 0.356 e. The summed E-state index contributed by atoms with van der Waals surface area (Å²) in [6, 6.07) is 0.177. The monoisotopic (exact) mass is 346 g/mol. The third-order valence-electron chi connectivity index (χ3n) is 4.99. The summed E-state index contributed by atoms with van der Waals surface area (Å²) in [6.45, 7) is 10.5. The third-order valence-corrected chi connectivity index (χ3v) is 6.18. The standard InChI is InChI=1S/C18H26N4OS/c1-5-12(3)21-17(23)15-13(4)14-16(19-10-20-18(14)24-15)22-8-6-11(2)7-9-22/h10-12H,5-9H2,1-4H3,(H,21,23). The van der Waals surface area contributed by atoms with Crippen molar-refractivity contribution in [1.29, 1.82) is 0 Å². The number of nitrogens with zero attached hydrogens (tertiary/aromatic N) is 3. The Bertz CT molecular complexity index is 734. The average molecular weight is 347 g/mol. The van der Waals surface area contributed by atoms with E-state index in [1.807, 2.05) is 13.8 Å². The fourth-order valence-corrected chi connectivity index (χ4v) is 4.17. The van der Waals surface area contributed by atoms with Crippen molar-refractivity contribution in [3.8, 4) is 0 Å². The van der Waals surface area contributed by atoms with E-state index >= 15 is 0 Å². The molecule has 1 amide bonds. The molecule has 3 rings (SSSR count). The molecule has 1 unspecified atom stereocenters. The molecule has 1 atom stereocenters. The summed E-state index contributed by atoms with van der Waals surface area (Å²) >= 11 is 1.47. The van der Waals surface area contributed by atoms with Crippen molar-refractivity contribution in [3.05, 3.63) is 16.8 Å². The van der Waals surface area contributed by atoms with Gasteiger partial charge in [0.05, 0.1) is 10.3 Å². The zero-order chi connectivity index (χ0) is 17.3. The molecule has 0 aromatic carbocycles. The van der Waals surface area contributed by atoms with Crippen molar-refractivity contribution >= 4 is 33.3 Å². The predicted octanol–water partition coefficient (Wildman–Crippen LogP) is 3.76. The number of hydrogen-bond donors (Lipinski definition) is 1. The van der Waals surface area contributed by atoms with Gasteiger partial charge in [0.25, 0.3) is 5.91 Å². The van der Waals surface area contributed by atoms with E-state index in [1.165, 1.54) is 24.2 Å². The lowest BCUT2D eigenvalue weighted by atomic mass is 9.99. The van der Waals surface area contributed by atoms with Gasteiger partial charge in [-0.2, -0.15) is 0 Å². The summed E-state index contributed by atoms with van der Waals surface area (Å²) in [6.07, 6.45) is 4.93. The van der Waals surface area contributed by atoms with E-state index in [9.17, 15) is 4.79 Å². The quantitative estimate of drug-likeness (QED) is 0.916. The lowest BCUT2D eigenvalue weighted by Gasteiger charge is -2.31. The Morgan fingerprint density at radius 3 is 2.79 bits per heavy atom. The second-order valence-electron chi connectivity index (χ2n) is 6.89. The molecule has 6 heteroatoms. The molecular weight excluding hydrogens is 320 g/mol. The van der Waals surface area contributed by atoms with E-state index in [2.05, 4.69) is 34.0 Å². The molecular formula is C18H26N4OS.